The molecule has 2 N–H and O–H groups in total. The Bertz CT molecular complexity index is 575. The second-order valence-corrected chi connectivity index (χ2v) is 5.35. The Morgan fingerprint density at radius 3 is 2.67 bits per heavy atom. The van der Waals surface area contributed by atoms with Gasteiger partial charge in [-0.25, -0.2) is 0 Å². The fourth-order valence-electron chi connectivity index (χ4n) is 1.49. The van der Waals surface area contributed by atoms with Crippen LogP contribution in [0.25, 0.3) is 0 Å². The second kappa shape index (κ2) is 5.93. The minimum Gasteiger partial charge on any atom is -0.456 e. The maximum absolute atomic E-state index is 6.06. The van der Waals surface area contributed by atoms with Gasteiger partial charge < -0.3 is 10.5 Å². The van der Waals surface area contributed by atoms with E-state index in [9.17, 15) is 0 Å². The van der Waals surface area contributed by atoms with E-state index in [1.54, 1.807) is 18.2 Å². The number of benzene rings is 2. The monoisotopic (exact) mass is 345 g/mol. The number of nitrogens with two attached hydrogens (primary N) is 1. The van der Waals surface area contributed by atoms with E-state index in [2.05, 4.69) is 15.9 Å². The van der Waals surface area contributed by atoms with Crippen LogP contribution in [0.4, 0.5) is 0 Å². The topological polar surface area (TPSA) is 35.2 Å². The number of halogens is 3. The third-order valence-electron chi connectivity index (χ3n) is 2.31. The second-order valence-electron chi connectivity index (χ2n) is 3.65. The Balaban J connectivity index is 2.34. The molecule has 0 radical (unpaired) electrons. The van der Waals surface area contributed by atoms with Crippen molar-refractivity contribution in [3.63, 3.8) is 0 Å². The van der Waals surface area contributed by atoms with Crippen LogP contribution in [0, 0.1) is 0 Å². The van der Waals surface area contributed by atoms with Gasteiger partial charge in [0.05, 0.1) is 5.02 Å². The van der Waals surface area contributed by atoms with Gasteiger partial charge in [-0.05, 0) is 35.9 Å². The van der Waals surface area contributed by atoms with E-state index in [-0.39, 0.29) is 0 Å². The molecule has 0 aliphatic carbocycles. The van der Waals surface area contributed by atoms with Gasteiger partial charge in [-0.3, -0.25) is 0 Å². The average Bonchev–Trinajstić information content (AvgIpc) is 2.34. The highest BCUT2D eigenvalue weighted by Gasteiger charge is 2.07. The van der Waals surface area contributed by atoms with Crippen LogP contribution in [0.2, 0.25) is 10.0 Å². The fourth-order valence-corrected chi connectivity index (χ4v) is 2.34. The van der Waals surface area contributed by atoms with Crippen molar-refractivity contribution in [3.05, 3.63) is 56.5 Å². The van der Waals surface area contributed by atoms with Crippen molar-refractivity contribution in [2.24, 2.45) is 5.73 Å². The summed E-state index contributed by atoms with van der Waals surface area (Å²) in [6.07, 6.45) is 0. The number of hydrogen-bond donors (Lipinski definition) is 1. The smallest absolute Gasteiger partial charge is 0.147 e. The SMILES string of the molecule is NCc1cc(Br)cc(Oc2cccc(Cl)c2Cl)c1. The zero-order chi connectivity index (χ0) is 13.1. The van der Waals surface area contributed by atoms with Crippen molar-refractivity contribution in [1.29, 1.82) is 0 Å². The Morgan fingerprint density at radius 2 is 1.94 bits per heavy atom. The van der Waals surface area contributed by atoms with Gasteiger partial charge in [0.15, 0.2) is 0 Å². The van der Waals surface area contributed by atoms with Gasteiger partial charge in [0.25, 0.3) is 0 Å². The molecular formula is C13H10BrCl2NO. The first kappa shape index (κ1) is 13.7. The molecule has 0 fully saturated rings. The van der Waals surface area contributed by atoms with Crippen LogP contribution in [0.15, 0.2) is 40.9 Å². The summed E-state index contributed by atoms with van der Waals surface area (Å²) in [4.78, 5) is 0. The standard InChI is InChI=1S/C13H10BrCl2NO/c14-9-4-8(7-17)5-10(6-9)18-12-3-1-2-11(15)13(12)16/h1-6H,7,17H2. The summed E-state index contributed by atoms with van der Waals surface area (Å²) in [6.45, 7) is 0.444. The summed E-state index contributed by atoms with van der Waals surface area (Å²) in [7, 11) is 0. The van der Waals surface area contributed by atoms with Gasteiger partial charge in [0.2, 0.25) is 0 Å². The largest absolute Gasteiger partial charge is 0.456 e. The van der Waals surface area contributed by atoms with Crippen LogP contribution in [0.3, 0.4) is 0 Å². The molecule has 0 amide bonds. The van der Waals surface area contributed by atoms with Gasteiger partial charge in [-0.15, -0.1) is 0 Å². The van der Waals surface area contributed by atoms with Gasteiger partial charge in [-0.1, -0.05) is 45.2 Å². The molecule has 0 atom stereocenters. The molecule has 2 aromatic carbocycles. The minimum atomic E-state index is 0.397. The lowest BCUT2D eigenvalue weighted by atomic mass is 10.2. The van der Waals surface area contributed by atoms with Crippen LogP contribution in [-0.2, 0) is 6.54 Å². The number of hydrogen-bond acceptors (Lipinski definition) is 2. The third kappa shape index (κ3) is 3.18. The van der Waals surface area contributed by atoms with E-state index >= 15 is 0 Å². The third-order valence-corrected chi connectivity index (χ3v) is 3.57. The average molecular weight is 347 g/mol. The van der Waals surface area contributed by atoms with Crippen molar-refractivity contribution in [2.45, 2.75) is 6.54 Å². The van der Waals surface area contributed by atoms with Crippen LogP contribution in [-0.4, -0.2) is 0 Å². The summed E-state index contributed by atoms with van der Waals surface area (Å²) in [6, 6.07) is 10.9. The molecule has 18 heavy (non-hydrogen) atoms. The predicted molar refractivity (Wildman–Crippen MR) is 78.6 cm³/mol. The summed E-state index contributed by atoms with van der Waals surface area (Å²) in [5, 5.41) is 0.858. The van der Waals surface area contributed by atoms with E-state index in [0.717, 1.165) is 10.0 Å². The highest BCUT2D eigenvalue weighted by atomic mass is 79.9. The van der Waals surface area contributed by atoms with Crippen LogP contribution in [0.1, 0.15) is 5.56 Å². The van der Waals surface area contributed by atoms with Crippen molar-refractivity contribution < 1.29 is 4.74 Å². The molecular weight excluding hydrogens is 337 g/mol. The van der Waals surface area contributed by atoms with E-state index in [1.165, 1.54) is 0 Å². The molecule has 0 unspecified atom stereocenters. The van der Waals surface area contributed by atoms with Gasteiger partial charge in [-0.2, -0.15) is 0 Å². The zero-order valence-electron chi connectivity index (χ0n) is 9.29. The van der Waals surface area contributed by atoms with Gasteiger partial charge in [0.1, 0.15) is 16.5 Å². The molecule has 0 saturated carbocycles. The zero-order valence-corrected chi connectivity index (χ0v) is 12.4. The lowest BCUT2D eigenvalue weighted by molar-refractivity contribution is 0.482. The molecule has 2 aromatic rings. The normalized spacial score (nSPS) is 10.4. The fraction of sp³-hybridized carbons (Fsp3) is 0.0769. The van der Waals surface area contributed by atoms with E-state index in [4.69, 9.17) is 33.7 Å². The quantitative estimate of drug-likeness (QED) is 0.848. The van der Waals surface area contributed by atoms with Crippen molar-refractivity contribution in [1.82, 2.24) is 0 Å². The van der Waals surface area contributed by atoms with Crippen molar-refractivity contribution in [2.75, 3.05) is 0 Å². The van der Waals surface area contributed by atoms with Crippen LogP contribution < -0.4 is 10.5 Å². The lowest BCUT2D eigenvalue weighted by Crippen LogP contribution is -1.96. The predicted octanol–water partition coefficient (Wildman–Crippen LogP) is 5.01. The van der Waals surface area contributed by atoms with Gasteiger partial charge in [0, 0.05) is 11.0 Å². The summed E-state index contributed by atoms with van der Waals surface area (Å²) >= 11 is 15.4. The van der Waals surface area contributed by atoms with Crippen LogP contribution >= 0.6 is 39.1 Å². The van der Waals surface area contributed by atoms with E-state index in [0.29, 0.717) is 28.1 Å². The molecule has 0 aliphatic heterocycles. The van der Waals surface area contributed by atoms with E-state index < -0.39 is 0 Å². The highest BCUT2D eigenvalue weighted by molar-refractivity contribution is 9.10. The Morgan fingerprint density at radius 1 is 1.17 bits per heavy atom. The molecule has 0 saturated heterocycles. The maximum Gasteiger partial charge on any atom is 0.147 e. The Labute approximate surface area is 124 Å². The van der Waals surface area contributed by atoms with Crippen molar-refractivity contribution >= 4 is 39.1 Å². The minimum absolute atomic E-state index is 0.397. The Kier molecular flexibility index (Phi) is 4.51. The molecule has 0 spiro atoms. The molecule has 2 nitrogen and oxygen atoms in total. The molecule has 5 heteroatoms. The van der Waals surface area contributed by atoms with E-state index in [1.807, 2.05) is 18.2 Å². The van der Waals surface area contributed by atoms with Crippen molar-refractivity contribution in [3.8, 4) is 11.5 Å². The Hall–Kier alpha value is -0.740. The summed E-state index contributed by atoms with van der Waals surface area (Å²) < 4.78 is 6.61. The molecule has 0 aromatic heterocycles. The first-order chi connectivity index (χ1) is 8.60. The number of ether oxygens (including phenoxy) is 1. The maximum atomic E-state index is 6.06. The number of rotatable bonds is 3. The molecule has 2 rings (SSSR count). The molecule has 0 bridgehead atoms. The summed E-state index contributed by atoms with van der Waals surface area (Å²) in [5.74, 6) is 1.18. The van der Waals surface area contributed by atoms with Gasteiger partial charge >= 0.3 is 0 Å². The molecule has 0 heterocycles. The lowest BCUT2D eigenvalue weighted by Gasteiger charge is -2.10. The van der Waals surface area contributed by atoms with Crippen LogP contribution in [0.5, 0.6) is 11.5 Å². The summed E-state index contributed by atoms with van der Waals surface area (Å²) in [5.41, 5.74) is 6.58. The molecule has 94 valence electrons. The molecule has 0 aliphatic rings. The highest BCUT2D eigenvalue weighted by Crippen LogP contribution is 2.35. The first-order valence-corrected chi connectivity index (χ1v) is 6.76. The first-order valence-electron chi connectivity index (χ1n) is 5.21.